The number of aliphatic carboxylic acids is 1. The van der Waals surface area contributed by atoms with Crippen LogP contribution in [0, 0.1) is 17.8 Å². The molecule has 106 valence electrons. The predicted octanol–water partition coefficient (Wildman–Crippen LogP) is 1.12. The van der Waals surface area contributed by atoms with Crippen LogP contribution in [0.5, 0.6) is 0 Å². The van der Waals surface area contributed by atoms with Crippen LogP contribution in [0.25, 0.3) is 0 Å². The van der Waals surface area contributed by atoms with Crippen LogP contribution in [0.4, 0.5) is 0 Å². The Labute approximate surface area is 112 Å². The Morgan fingerprint density at radius 2 is 1.89 bits per heavy atom. The van der Waals surface area contributed by atoms with Gasteiger partial charge < -0.3 is 14.7 Å². The number of carboxylic acid groups (broad SMARTS) is 1. The summed E-state index contributed by atoms with van der Waals surface area (Å²) in [6.45, 7) is 1.63. The number of hydrogen-bond acceptors (Lipinski definition) is 3. The quantitative estimate of drug-likeness (QED) is 0.832. The zero-order chi connectivity index (χ0) is 13.4. The summed E-state index contributed by atoms with van der Waals surface area (Å²) >= 11 is 0. The number of ether oxygens (including phenoxy) is 1. The second-order valence-corrected chi connectivity index (χ2v) is 6.04. The number of likely N-dealkylation sites (tertiary alicyclic amines) is 1. The average molecular weight is 267 g/mol. The van der Waals surface area contributed by atoms with Crippen molar-refractivity contribution in [3.63, 3.8) is 0 Å². The van der Waals surface area contributed by atoms with Gasteiger partial charge in [-0.3, -0.25) is 9.59 Å². The van der Waals surface area contributed by atoms with Gasteiger partial charge in [-0.15, -0.1) is 0 Å². The van der Waals surface area contributed by atoms with E-state index in [4.69, 9.17) is 4.74 Å². The summed E-state index contributed by atoms with van der Waals surface area (Å²) in [4.78, 5) is 25.4. The van der Waals surface area contributed by atoms with Crippen molar-refractivity contribution in [3.8, 4) is 0 Å². The molecule has 5 heteroatoms. The van der Waals surface area contributed by atoms with Gasteiger partial charge in [0.1, 0.15) is 6.10 Å². The summed E-state index contributed by atoms with van der Waals surface area (Å²) in [7, 11) is 0. The summed E-state index contributed by atoms with van der Waals surface area (Å²) in [6, 6.07) is 0. The highest BCUT2D eigenvalue weighted by atomic mass is 16.5. The minimum Gasteiger partial charge on any atom is -0.481 e. The predicted molar refractivity (Wildman–Crippen MR) is 67.5 cm³/mol. The summed E-state index contributed by atoms with van der Waals surface area (Å²) in [5.41, 5.74) is 0. The van der Waals surface area contributed by atoms with Gasteiger partial charge in [0.25, 0.3) is 5.91 Å². The highest BCUT2D eigenvalue weighted by Crippen LogP contribution is 2.44. The van der Waals surface area contributed by atoms with Crippen molar-refractivity contribution in [2.45, 2.75) is 38.2 Å². The summed E-state index contributed by atoms with van der Waals surface area (Å²) in [5, 5.41) is 9.30. The molecule has 0 aromatic rings. The lowest BCUT2D eigenvalue weighted by Crippen LogP contribution is -2.41. The third-order valence-corrected chi connectivity index (χ3v) is 4.68. The van der Waals surface area contributed by atoms with Gasteiger partial charge in [0.2, 0.25) is 0 Å². The summed E-state index contributed by atoms with van der Waals surface area (Å²) in [6.07, 6.45) is 4.74. The van der Waals surface area contributed by atoms with E-state index >= 15 is 0 Å². The molecule has 1 saturated carbocycles. The van der Waals surface area contributed by atoms with Gasteiger partial charge in [-0.25, -0.2) is 0 Å². The zero-order valence-electron chi connectivity index (χ0n) is 11.1. The topological polar surface area (TPSA) is 66.8 Å². The van der Waals surface area contributed by atoms with E-state index in [0.29, 0.717) is 25.6 Å². The van der Waals surface area contributed by atoms with Crippen LogP contribution in [0.3, 0.4) is 0 Å². The van der Waals surface area contributed by atoms with E-state index in [0.717, 1.165) is 32.1 Å². The highest BCUT2D eigenvalue weighted by Gasteiger charge is 2.47. The summed E-state index contributed by atoms with van der Waals surface area (Å²) < 4.78 is 5.52. The molecule has 3 rings (SSSR count). The van der Waals surface area contributed by atoms with E-state index in [9.17, 15) is 14.7 Å². The largest absolute Gasteiger partial charge is 0.481 e. The maximum atomic E-state index is 12.4. The van der Waals surface area contributed by atoms with E-state index in [2.05, 4.69) is 0 Å². The second-order valence-electron chi connectivity index (χ2n) is 6.04. The Balaban J connectivity index is 1.65. The number of carbonyl (C=O) groups excluding carboxylic acids is 1. The smallest absolute Gasteiger partial charge is 0.308 e. The van der Waals surface area contributed by atoms with Gasteiger partial charge >= 0.3 is 5.97 Å². The van der Waals surface area contributed by atoms with Crippen LogP contribution in [-0.2, 0) is 14.3 Å². The molecule has 2 aliphatic heterocycles. The fraction of sp³-hybridized carbons (Fsp3) is 0.857. The number of rotatable bonds is 3. The number of carbonyl (C=O) groups is 2. The monoisotopic (exact) mass is 267 g/mol. The molecule has 5 nitrogen and oxygen atoms in total. The lowest BCUT2D eigenvalue weighted by molar-refractivity contribution is -0.146. The molecule has 0 spiro atoms. The first-order chi connectivity index (χ1) is 9.16. The molecule has 1 aliphatic carbocycles. The molecule has 0 radical (unpaired) electrons. The van der Waals surface area contributed by atoms with E-state index in [-0.39, 0.29) is 23.8 Å². The highest BCUT2D eigenvalue weighted by molar-refractivity contribution is 5.82. The molecule has 1 amide bonds. The Morgan fingerprint density at radius 3 is 2.47 bits per heavy atom. The SMILES string of the molecule is O=C(O)[C@H]1CN(C(=O)C2CCCCO2)C[C@@H]1C1CC1. The molecule has 1 N–H and O–H groups in total. The van der Waals surface area contributed by atoms with Crippen LogP contribution in [0.1, 0.15) is 32.1 Å². The van der Waals surface area contributed by atoms with Crippen molar-refractivity contribution in [2.75, 3.05) is 19.7 Å². The summed E-state index contributed by atoms with van der Waals surface area (Å²) in [5.74, 6) is -0.442. The number of hydrogen-bond donors (Lipinski definition) is 1. The Bertz CT molecular complexity index is 374. The molecule has 19 heavy (non-hydrogen) atoms. The minimum atomic E-state index is -0.753. The fourth-order valence-electron chi connectivity index (χ4n) is 3.41. The molecule has 3 aliphatic rings. The van der Waals surface area contributed by atoms with E-state index in [1.807, 2.05) is 0 Å². The van der Waals surface area contributed by atoms with Crippen LogP contribution < -0.4 is 0 Å². The normalized spacial score (nSPS) is 35.4. The van der Waals surface area contributed by atoms with Crippen molar-refractivity contribution in [2.24, 2.45) is 17.8 Å². The Hall–Kier alpha value is -1.10. The van der Waals surface area contributed by atoms with Crippen molar-refractivity contribution >= 4 is 11.9 Å². The van der Waals surface area contributed by atoms with Crippen LogP contribution >= 0.6 is 0 Å². The third-order valence-electron chi connectivity index (χ3n) is 4.68. The standard InChI is InChI=1S/C14H21NO4/c16-13(12-3-1-2-6-19-12)15-7-10(9-4-5-9)11(8-15)14(17)18/h9-12H,1-8H2,(H,17,18)/t10-,11+,12?/m1/s1. The molecular formula is C14H21NO4. The van der Waals surface area contributed by atoms with Gasteiger partial charge in [0.15, 0.2) is 0 Å². The molecule has 0 aromatic heterocycles. The molecule has 2 heterocycles. The van der Waals surface area contributed by atoms with E-state index in [1.54, 1.807) is 4.90 Å². The van der Waals surface area contributed by atoms with Crippen molar-refractivity contribution in [1.29, 1.82) is 0 Å². The van der Waals surface area contributed by atoms with Crippen molar-refractivity contribution < 1.29 is 19.4 Å². The maximum Gasteiger partial charge on any atom is 0.308 e. The first-order valence-electron chi connectivity index (χ1n) is 7.30. The van der Waals surface area contributed by atoms with Gasteiger partial charge in [-0.1, -0.05) is 0 Å². The molecule has 1 unspecified atom stereocenters. The lowest BCUT2D eigenvalue weighted by atomic mass is 9.92. The first-order valence-corrected chi connectivity index (χ1v) is 7.30. The van der Waals surface area contributed by atoms with Gasteiger partial charge in [0.05, 0.1) is 5.92 Å². The van der Waals surface area contributed by atoms with Gasteiger partial charge in [0, 0.05) is 19.7 Å². The Morgan fingerprint density at radius 1 is 1.11 bits per heavy atom. The molecule has 0 aromatic carbocycles. The minimum absolute atomic E-state index is 0.00843. The molecule has 3 atom stereocenters. The van der Waals surface area contributed by atoms with Crippen molar-refractivity contribution in [1.82, 2.24) is 4.90 Å². The maximum absolute atomic E-state index is 12.4. The zero-order valence-corrected chi connectivity index (χ0v) is 11.1. The Kier molecular flexibility index (Phi) is 3.48. The molecule has 3 fully saturated rings. The molecule has 2 saturated heterocycles. The van der Waals surface area contributed by atoms with Crippen LogP contribution in [-0.4, -0.2) is 47.7 Å². The fourth-order valence-corrected chi connectivity index (χ4v) is 3.41. The van der Waals surface area contributed by atoms with Gasteiger partial charge in [-0.05, 0) is 43.9 Å². The van der Waals surface area contributed by atoms with Gasteiger partial charge in [-0.2, -0.15) is 0 Å². The average Bonchev–Trinajstić information content (AvgIpc) is 3.17. The third kappa shape index (κ3) is 2.61. The molecular weight excluding hydrogens is 246 g/mol. The van der Waals surface area contributed by atoms with Crippen molar-refractivity contribution in [3.05, 3.63) is 0 Å². The number of nitrogens with zero attached hydrogens (tertiary/aromatic N) is 1. The van der Waals surface area contributed by atoms with E-state index in [1.165, 1.54) is 0 Å². The van der Waals surface area contributed by atoms with Crippen LogP contribution in [0.2, 0.25) is 0 Å². The first kappa shape index (κ1) is 12.9. The number of carboxylic acids is 1. The second kappa shape index (κ2) is 5.12. The lowest BCUT2D eigenvalue weighted by Gasteiger charge is -2.26. The number of amides is 1. The molecule has 0 bridgehead atoms. The van der Waals surface area contributed by atoms with Crippen LogP contribution in [0.15, 0.2) is 0 Å². The van der Waals surface area contributed by atoms with E-state index < -0.39 is 5.97 Å².